The van der Waals surface area contributed by atoms with Crippen molar-refractivity contribution in [3.8, 4) is 5.75 Å². The Hall–Kier alpha value is -1.46. The second-order valence-corrected chi connectivity index (χ2v) is 4.67. The maximum atomic E-state index is 11.6. The van der Waals surface area contributed by atoms with Crippen LogP contribution in [0.1, 0.15) is 13.3 Å². The third-order valence-corrected chi connectivity index (χ3v) is 2.59. The van der Waals surface area contributed by atoms with Crippen molar-refractivity contribution in [1.29, 1.82) is 0 Å². The fourth-order valence-corrected chi connectivity index (χ4v) is 1.80. The first-order valence-electron chi connectivity index (χ1n) is 5.50. The summed E-state index contributed by atoms with van der Waals surface area (Å²) in [6, 6.07) is 4.62. The molecule has 5 nitrogen and oxygen atoms in total. The molecule has 1 unspecified atom stereocenters. The van der Waals surface area contributed by atoms with E-state index >= 15 is 0 Å². The number of rotatable bonds is 6. The van der Waals surface area contributed by atoms with Crippen LogP contribution in [0.5, 0.6) is 5.75 Å². The highest BCUT2D eigenvalue weighted by Gasteiger charge is 2.15. The van der Waals surface area contributed by atoms with E-state index in [0.29, 0.717) is 15.8 Å². The first kappa shape index (κ1) is 15.6. The molecule has 1 aromatic carbocycles. The van der Waals surface area contributed by atoms with E-state index in [4.69, 9.17) is 33.0 Å². The number of amides is 1. The Morgan fingerprint density at radius 3 is 2.42 bits per heavy atom. The van der Waals surface area contributed by atoms with Gasteiger partial charge in [0.1, 0.15) is 5.75 Å². The average molecular weight is 306 g/mol. The van der Waals surface area contributed by atoms with Gasteiger partial charge in [0.15, 0.2) is 6.10 Å². The Labute approximate surface area is 120 Å². The molecule has 19 heavy (non-hydrogen) atoms. The van der Waals surface area contributed by atoms with Crippen molar-refractivity contribution in [2.24, 2.45) is 0 Å². The minimum Gasteiger partial charge on any atom is -0.481 e. The molecule has 0 bridgehead atoms. The molecular weight excluding hydrogens is 293 g/mol. The quantitative estimate of drug-likeness (QED) is 0.846. The van der Waals surface area contributed by atoms with Crippen LogP contribution in [0.25, 0.3) is 0 Å². The van der Waals surface area contributed by atoms with Crippen LogP contribution in [-0.4, -0.2) is 29.6 Å². The highest BCUT2D eigenvalue weighted by Crippen LogP contribution is 2.24. The number of benzene rings is 1. The second kappa shape index (κ2) is 7.21. The minimum atomic E-state index is -0.976. The van der Waals surface area contributed by atoms with Crippen molar-refractivity contribution in [3.05, 3.63) is 28.2 Å². The molecule has 0 saturated carbocycles. The third kappa shape index (κ3) is 5.81. The highest BCUT2D eigenvalue weighted by molar-refractivity contribution is 6.34. The maximum absolute atomic E-state index is 11.6. The van der Waals surface area contributed by atoms with Crippen LogP contribution in [0, 0.1) is 0 Å². The average Bonchev–Trinajstić information content (AvgIpc) is 2.26. The highest BCUT2D eigenvalue weighted by atomic mass is 35.5. The van der Waals surface area contributed by atoms with E-state index in [9.17, 15) is 9.59 Å². The monoisotopic (exact) mass is 305 g/mol. The van der Waals surface area contributed by atoms with E-state index in [1.807, 2.05) is 0 Å². The largest absolute Gasteiger partial charge is 0.481 e. The number of carboxylic acid groups (broad SMARTS) is 1. The molecule has 0 aliphatic rings. The molecule has 0 saturated heterocycles. The lowest BCUT2D eigenvalue weighted by atomic mass is 10.3. The lowest BCUT2D eigenvalue weighted by Crippen LogP contribution is -2.37. The van der Waals surface area contributed by atoms with Crippen LogP contribution in [0.15, 0.2) is 18.2 Å². The molecule has 2 N–H and O–H groups in total. The zero-order valence-electron chi connectivity index (χ0n) is 10.2. The predicted octanol–water partition coefficient (Wildman–Crippen LogP) is 2.35. The lowest BCUT2D eigenvalue weighted by molar-refractivity contribution is -0.137. The summed E-state index contributed by atoms with van der Waals surface area (Å²) in [5.74, 6) is -1.01. The van der Waals surface area contributed by atoms with Gasteiger partial charge in [-0.3, -0.25) is 9.59 Å². The summed E-state index contributed by atoms with van der Waals surface area (Å²) in [6.45, 7) is 1.60. The molecule has 0 aliphatic carbocycles. The zero-order valence-corrected chi connectivity index (χ0v) is 11.7. The van der Waals surface area contributed by atoms with E-state index < -0.39 is 18.0 Å². The van der Waals surface area contributed by atoms with E-state index in [-0.39, 0.29) is 13.0 Å². The number of carbonyl (C=O) groups excluding carboxylic acids is 1. The molecule has 1 aromatic rings. The summed E-state index contributed by atoms with van der Waals surface area (Å²) in [5.41, 5.74) is 0. The van der Waals surface area contributed by atoms with Crippen LogP contribution in [0.3, 0.4) is 0 Å². The van der Waals surface area contributed by atoms with Gasteiger partial charge in [0, 0.05) is 16.6 Å². The van der Waals surface area contributed by atoms with E-state index in [2.05, 4.69) is 5.32 Å². The number of hydrogen-bond acceptors (Lipinski definition) is 3. The van der Waals surface area contributed by atoms with E-state index in [0.717, 1.165) is 0 Å². The summed E-state index contributed by atoms with van der Waals surface area (Å²) < 4.78 is 5.37. The van der Waals surface area contributed by atoms with Crippen molar-refractivity contribution in [2.45, 2.75) is 19.4 Å². The van der Waals surface area contributed by atoms with Crippen LogP contribution >= 0.6 is 23.2 Å². The Morgan fingerprint density at radius 1 is 1.32 bits per heavy atom. The number of carbonyl (C=O) groups is 2. The SMILES string of the molecule is CC(Oc1cc(Cl)cc(Cl)c1)C(=O)NCCC(=O)O. The van der Waals surface area contributed by atoms with Gasteiger partial charge in [-0.25, -0.2) is 0 Å². The summed E-state index contributed by atoms with van der Waals surface area (Å²) >= 11 is 11.6. The molecule has 1 rings (SSSR count). The number of nitrogens with one attached hydrogen (secondary N) is 1. The van der Waals surface area contributed by atoms with Crippen LogP contribution in [0.2, 0.25) is 10.0 Å². The first-order chi connectivity index (χ1) is 8.88. The number of aliphatic carboxylic acids is 1. The normalized spacial score (nSPS) is 11.7. The minimum absolute atomic E-state index is 0.0537. The van der Waals surface area contributed by atoms with Crippen LogP contribution < -0.4 is 10.1 Å². The van der Waals surface area contributed by atoms with E-state index in [1.54, 1.807) is 13.0 Å². The van der Waals surface area contributed by atoms with Gasteiger partial charge in [0.25, 0.3) is 5.91 Å². The Morgan fingerprint density at radius 2 is 1.89 bits per heavy atom. The molecule has 0 fully saturated rings. The summed E-state index contributed by atoms with van der Waals surface area (Å²) in [4.78, 5) is 21.9. The molecule has 104 valence electrons. The standard InChI is InChI=1S/C12H13Cl2NO4/c1-7(12(18)15-3-2-11(16)17)19-10-5-8(13)4-9(14)6-10/h4-7H,2-3H2,1H3,(H,15,18)(H,16,17). The number of carboxylic acids is 1. The molecule has 0 spiro atoms. The second-order valence-electron chi connectivity index (χ2n) is 3.80. The van der Waals surface area contributed by atoms with Gasteiger partial charge < -0.3 is 15.2 Å². The zero-order chi connectivity index (χ0) is 14.4. The predicted molar refractivity (Wildman–Crippen MR) is 71.8 cm³/mol. The maximum Gasteiger partial charge on any atom is 0.305 e. The molecule has 0 aromatic heterocycles. The van der Waals surface area contributed by atoms with Crippen molar-refractivity contribution >= 4 is 35.1 Å². The smallest absolute Gasteiger partial charge is 0.305 e. The van der Waals surface area contributed by atoms with Gasteiger partial charge in [-0.1, -0.05) is 23.2 Å². The molecule has 0 radical (unpaired) electrons. The van der Waals surface area contributed by atoms with Gasteiger partial charge >= 0.3 is 5.97 Å². The van der Waals surface area contributed by atoms with Gasteiger partial charge in [-0.05, 0) is 25.1 Å². The molecule has 7 heteroatoms. The number of halogens is 2. The molecule has 0 aliphatic heterocycles. The molecule has 1 amide bonds. The van der Waals surface area contributed by atoms with Gasteiger partial charge in [0.05, 0.1) is 6.42 Å². The van der Waals surface area contributed by atoms with Crippen molar-refractivity contribution in [1.82, 2.24) is 5.32 Å². The fourth-order valence-electron chi connectivity index (χ4n) is 1.29. The molecule has 1 atom stereocenters. The van der Waals surface area contributed by atoms with Gasteiger partial charge in [-0.2, -0.15) is 0 Å². The number of ether oxygens (including phenoxy) is 1. The Kier molecular flexibility index (Phi) is 5.92. The fraction of sp³-hybridized carbons (Fsp3) is 0.333. The van der Waals surface area contributed by atoms with Crippen molar-refractivity contribution < 1.29 is 19.4 Å². The Balaban J connectivity index is 2.51. The lowest BCUT2D eigenvalue weighted by Gasteiger charge is -2.14. The Bertz CT molecular complexity index is 459. The summed E-state index contributed by atoms with van der Waals surface area (Å²) in [7, 11) is 0. The third-order valence-electron chi connectivity index (χ3n) is 2.16. The van der Waals surface area contributed by atoms with E-state index in [1.165, 1.54) is 12.1 Å². The van der Waals surface area contributed by atoms with Crippen LogP contribution in [0.4, 0.5) is 0 Å². The van der Waals surface area contributed by atoms with Gasteiger partial charge in [-0.15, -0.1) is 0 Å². The molecule has 0 heterocycles. The summed E-state index contributed by atoms with van der Waals surface area (Å²) in [5, 5.41) is 11.7. The van der Waals surface area contributed by atoms with Crippen molar-refractivity contribution in [2.75, 3.05) is 6.54 Å². The topological polar surface area (TPSA) is 75.6 Å². The number of hydrogen-bond donors (Lipinski definition) is 2. The van der Waals surface area contributed by atoms with Crippen LogP contribution in [-0.2, 0) is 9.59 Å². The molecular formula is C12H13Cl2NO4. The first-order valence-corrected chi connectivity index (χ1v) is 6.26. The summed E-state index contributed by atoms with van der Waals surface area (Å²) in [6.07, 6.45) is -0.912. The van der Waals surface area contributed by atoms with Gasteiger partial charge in [0.2, 0.25) is 0 Å². The van der Waals surface area contributed by atoms with Crippen molar-refractivity contribution in [3.63, 3.8) is 0 Å².